The molecule has 0 bridgehead atoms. The van der Waals surface area contributed by atoms with Gasteiger partial charge in [0.2, 0.25) is 0 Å². The SMILES string of the molecule is O=C(Cc1ccc(Cl)cc1Cl)C1CSc2ccccc21. The average Bonchev–Trinajstić information content (AvgIpc) is 2.86. The Hall–Kier alpha value is -0.960. The lowest BCUT2D eigenvalue weighted by Crippen LogP contribution is -2.14. The van der Waals surface area contributed by atoms with Crippen LogP contribution in [0.3, 0.4) is 0 Å². The Bertz CT molecular complexity index is 669. The Morgan fingerprint density at radius 2 is 2.00 bits per heavy atom. The molecule has 4 heteroatoms. The van der Waals surface area contributed by atoms with E-state index in [0.29, 0.717) is 16.5 Å². The summed E-state index contributed by atoms with van der Waals surface area (Å²) in [4.78, 5) is 13.7. The summed E-state index contributed by atoms with van der Waals surface area (Å²) >= 11 is 13.8. The first kappa shape index (κ1) is 14.0. The number of thioether (sulfide) groups is 1. The molecule has 1 aliphatic rings. The van der Waals surface area contributed by atoms with E-state index in [1.165, 1.54) is 4.90 Å². The highest BCUT2D eigenvalue weighted by Crippen LogP contribution is 2.40. The Balaban J connectivity index is 1.81. The number of halogens is 2. The van der Waals surface area contributed by atoms with Crippen molar-refractivity contribution in [1.29, 1.82) is 0 Å². The van der Waals surface area contributed by atoms with E-state index in [9.17, 15) is 4.79 Å². The molecule has 0 fully saturated rings. The van der Waals surface area contributed by atoms with Crippen molar-refractivity contribution in [2.24, 2.45) is 0 Å². The van der Waals surface area contributed by atoms with E-state index in [2.05, 4.69) is 6.07 Å². The number of carbonyl (C=O) groups is 1. The van der Waals surface area contributed by atoms with Crippen LogP contribution in [0, 0.1) is 0 Å². The molecule has 1 nitrogen and oxygen atoms in total. The van der Waals surface area contributed by atoms with Crippen LogP contribution in [0.2, 0.25) is 10.0 Å². The molecule has 0 saturated carbocycles. The zero-order valence-electron chi connectivity index (χ0n) is 10.6. The molecule has 0 aliphatic carbocycles. The van der Waals surface area contributed by atoms with Gasteiger partial charge in [0.05, 0.1) is 5.92 Å². The van der Waals surface area contributed by atoms with E-state index in [4.69, 9.17) is 23.2 Å². The summed E-state index contributed by atoms with van der Waals surface area (Å²) in [7, 11) is 0. The van der Waals surface area contributed by atoms with Crippen molar-refractivity contribution in [2.45, 2.75) is 17.2 Å². The van der Waals surface area contributed by atoms with Gasteiger partial charge in [0, 0.05) is 27.1 Å². The van der Waals surface area contributed by atoms with Crippen LogP contribution in [0.15, 0.2) is 47.4 Å². The summed E-state index contributed by atoms with van der Waals surface area (Å²) in [6.07, 6.45) is 0.357. The van der Waals surface area contributed by atoms with Crippen LogP contribution >= 0.6 is 35.0 Å². The van der Waals surface area contributed by atoms with Crippen molar-refractivity contribution in [3.8, 4) is 0 Å². The standard InChI is InChI=1S/C16H12Cl2OS/c17-11-6-5-10(14(18)8-11)7-15(19)13-9-20-16-4-2-1-3-12(13)16/h1-6,8,13H,7,9H2. The highest BCUT2D eigenvalue weighted by atomic mass is 35.5. The van der Waals surface area contributed by atoms with Gasteiger partial charge in [-0.15, -0.1) is 11.8 Å². The lowest BCUT2D eigenvalue weighted by Gasteiger charge is -2.10. The van der Waals surface area contributed by atoms with Crippen molar-refractivity contribution >= 4 is 40.7 Å². The predicted octanol–water partition coefficient (Wildman–Crippen LogP) is 4.99. The number of ketones is 1. The fraction of sp³-hybridized carbons (Fsp3) is 0.188. The largest absolute Gasteiger partial charge is 0.299 e. The quantitative estimate of drug-likeness (QED) is 0.791. The fourth-order valence-electron chi connectivity index (χ4n) is 2.41. The fourth-order valence-corrected chi connectivity index (χ4v) is 4.14. The van der Waals surface area contributed by atoms with Crippen molar-refractivity contribution in [2.75, 3.05) is 5.75 Å². The molecule has 2 aromatic carbocycles. The third-order valence-corrected chi connectivity index (χ3v) is 5.24. The van der Waals surface area contributed by atoms with Crippen LogP contribution in [0.25, 0.3) is 0 Å². The average molecular weight is 323 g/mol. The maximum atomic E-state index is 12.5. The molecule has 1 aliphatic heterocycles. The minimum atomic E-state index is -0.0251. The summed E-state index contributed by atoms with van der Waals surface area (Å²) < 4.78 is 0. The normalized spacial score (nSPS) is 17.0. The number of rotatable bonds is 3. The van der Waals surface area contributed by atoms with Crippen LogP contribution in [-0.2, 0) is 11.2 Å². The summed E-state index contributed by atoms with van der Waals surface area (Å²) in [5.41, 5.74) is 1.99. The van der Waals surface area contributed by atoms with Gasteiger partial charge in [-0.1, -0.05) is 47.5 Å². The number of hydrogen-bond donors (Lipinski definition) is 0. The Morgan fingerprint density at radius 1 is 1.20 bits per heavy atom. The van der Waals surface area contributed by atoms with Gasteiger partial charge in [-0.2, -0.15) is 0 Å². The first-order chi connectivity index (χ1) is 9.65. The summed E-state index contributed by atoms with van der Waals surface area (Å²) in [5, 5.41) is 1.15. The monoisotopic (exact) mass is 322 g/mol. The molecular formula is C16H12Cl2OS. The van der Waals surface area contributed by atoms with Gasteiger partial charge in [0.1, 0.15) is 5.78 Å². The first-order valence-corrected chi connectivity index (χ1v) is 8.07. The summed E-state index contributed by atoms with van der Waals surface area (Å²) in [6, 6.07) is 13.4. The minimum absolute atomic E-state index is 0.0251. The van der Waals surface area contributed by atoms with Crippen molar-refractivity contribution in [3.63, 3.8) is 0 Å². The molecule has 20 heavy (non-hydrogen) atoms. The van der Waals surface area contributed by atoms with E-state index >= 15 is 0 Å². The maximum absolute atomic E-state index is 12.5. The highest BCUT2D eigenvalue weighted by Gasteiger charge is 2.28. The molecule has 2 aromatic rings. The van der Waals surface area contributed by atoms with Gasteiger partial charge in [-0.3, -0.25) is 4.79 Å². The lowest BCUT2D eigenvalue weighted by molar-refractivity contribution is -0.119. The Labute approximate surface area is 132 Å². The van der Waals surface area contributed by atoms with Crippen LogP contribution in [-0.4, -0.2) is 11.5 Å². The molecule has 0 amide bonds. The molecule has 102 valence electrons. The topological polar surface area (TPSA) is 17.1 Å². The number of hydrogen-bond acceptors (Lipinski definition) is 2. The Morgan fingerprint density at radius 3 is 2.80 bits per heavy atom. The van der Waals surface area contributed by atoms with Gasteiger partial charge >= 0.3 is 0 Å². The predicted molar refractivity (Wildman–Crippen MR) is 85.1 cm³/mol. The third kappa shape index (κ3) is 2.73. The van der Waals surface area contributed by atoms with Gasteiger partial charge in [-0.05, 0) is 29.3 Å². The van der Waals surface area contributed by atoms with Gasteiger partial charge < -0.3 is 0 Å². The van der Waals surface area contributed by atoms with Crippen LogP contribution < -0.4 is 0 Å². The molecule has 1 atom stereocenters. The van der Waals surface area contributed by atoms with E-state index < -0.39 is 0 Å². The Kier molecular flexibility index (Phi) is 4.06. The van der Waals surface area contributed by atoms with Crippen LogP contribution in [0.1, 0.15) is 17.0 Å². The third-order valence-electron chi connectivity index (χ3n) is 3.47. The van der Waals surface area contributed by atoms with Crippen LogP contribution in [0.5, 0.6) is 0 Å². The van der Waals surface area contributed by atoms with E-state index in [1.807, 2.05) is 24.3 Å². The molecule has 1 unspecified atom stereocenters. The molecule has 3 rings (SSSR count). The van der Waals surface area contributed by atoms with Gasteiger partial charge in [-0.25, -0.2) is 0 Å². The number of benzene rings is 2. The van der Waals surface area contributed by atoms with Crippen molar-refractivity contribution < 1.29 is 4.79 Å². The highest BCUT2D eigenvalue weighted by molar-refractivity contribution is 7.99. The number of Topliss-reactive ketones (excluding diaryl/α,β-unsaturated/α-hetero) is 1. The molecule has 1 heterocycles. The minimum Gasteiger partial charge on any atom is -0.299 e. The molecular weight excluding hydrogens is 311 g/mol. The number of carbonyl (C=O) groups excluding carboxylic acids is 1. The molecule has 0 radical (unpaired) electrons. The van der Waals surface area contributed by atoms with Crippen molar-refractivity contribution in [3.05, 3.63) is 63.6 Å². The molecule has 0 aromatic heterocycles. The smallest absolute Gasteiger partial charge is 0.145 e. The second-order valence-electron chi connectivity index (χ2n) is 4.78. The second kappa shape index (κ2) is 5.80. The van der Waals surface area contributed by atoms with Gasteiger partial charge in [0.15, 0.2) is 0 Å². The molecule has 0 N–H and O–H groups in total. The van der Waals surface area contributed by atoms with Crippen LogP contribution in [0.4, 0.5) is 0 Å². The lowest BCUT2D eigenvalue weighted by atomic mass is 9.93. The zero-order chi connectivity index (χ0) is 14.1. The van der Waals surface area contributed by atoms with Gasteiger partial charge in [0.25, 0.3) is 0 Å². The van der Waals surface area contributed by atoms with E-state index in [0.717, 1.165) is 16.9 Å². The zero-order valence-corrected chi connectivity index (χ0v) is 12.9. The summed E-state index contributed by atoms with van der Waals surface area (Å²) in [6.45, 7) is 0. The first-order valence-electron chi connectivity index (χ1n) is 6.33. The van der Waals surface area contributed by atoms with E-state index in [1.54, 1.807) is 23.9 Å². The number of fused-ring (bicyclic) bond motifs is 1. The second-order valence-corrected chi connectivity index (χ2v) is 6.69. The maximum Gasteiger partial charge on any atom is 0.145 e. The van der Waals surface area contributed by atoms with Crippen molar-refractivity contribution in [1.82, 2.24) is 0 Å². The summed E-state index contributed by atoms with van der Waals surface area (Å²) in [5.74, 6) is 1.01. The van der Waals surface area contributed by atoms with E-state index in [-0.39, 0.29) is 11.7 Å². The molecule has 0 spiro atoms. The molecule has 0 saturated heterocycles.